The lowest BCUT2D eigenvalue weighted by molar-refractivity contribution is -0.117. The molecular formula is C17H19N3O3. The van der Waals surface area contributed by atoms with E-state index < -0.39 is 5.91 Å². The lowest BCUT2D eigenvalue weighted by Crippen LogP contribution is -2.25. The predicted molar refractivity (Wildman–Crippen MR) is 85.6 cm³/mol. The van der Waals surface area contributed by atoms with E-state index in [-0.39, 0.29) is 12.2 Å². The van der Waals surface area contributed by atoms with Gasteiger partial charge in [-0.2, -0.15) is 10.5 Å². The van der Waals surface area contributed by atoms with Gasteiger partial charge in [-0.05, 0) is 30.2 Å². The molecule has 120 valence electrons. The topological polar surface area (TPSA) is 95.1 Å². The first-order chi connectivity index (χ1) is 11.2. The minimum Gasteiger partial charge on any atom is -0.493 e. The van der Waals surface area contributed by atoms with Gasteiger partial charge in [0.1, 0.15) is 17.7 Å². The number of ether oxygens (including phenoxy) is 2. The van der Waals surface area contributed by atoms with Gasteiger partial charge >= 0.3 is 0 Å². The normalized spacial score (nSPS) is 10.3. The number of amides is 1. The summed E-state index contributed by atoms with van der Waals surface area (Å²) >= 11 is 0. The van der Waals surface area contributed by atoms with Gasteiger partial charge in [0.05, 0.1) is 7.11 Å². The fraction of sp³-hybridized carbons (Fsp3) is 0.353. The van der Waals surface area contributed by atoms with Crippen LogP contribution >= 0.6 is 0 Å². The maximum atomic E-state index is 11.9. The number of nitriles is 2. The number of benzene rings is 1. The number of carbonyl (C=O) groups is 1. The highest BCUT2D eigenvalue weighted by molar-refractivity contribution is 6.01. The van der Waals surface area contributed by atoms with E-state index in [1.165, 1.54) is 13.2 Å². The molecule has 1 N–H and O–H groups in total. The molecule has 1 aromatic rings. The highest BCUT2D eigenvalue weighted by Crippen LogP contribution is 2.28. The van der Waals surface area contributed by atoms with Crippen LogP contribution in [0, 0.1) is 22.7 Å². The van der Waals surface area contributed by atoms with Crippen molar-refractivity contribution >= 4 is 12.0 Å². The van der Waals surface area contributed by atoms with Crippen molar-refractivity contribution < 1.29 is 14.3 Å². The highest BCUT2D eigenvalue weighted by atomic mass is 16.5. The minimum absolute atomic E-state index is 0.0221. The Morgan fingerprint density at radius 3 is 2.74 bits per heavy atom. The van der Waals surface area contributed by atoms with Crippen molar-refractivity contribution in [2.45, 2.75) is 19.8 Å². The molecule has 0 radical (unpaired) electrons. The van der Waals surface area contributed by atoms with E-state index in [1.807, 2.05) is 19.1 Å². The van der Waals surface area contributed by atoms with Crippen molar-refractivity contribution in [3.8, 4) is 23.6 Å². The molecule has 0 fully saturated rings. The molecule has 0 aliphatic rings. The van der Waals surface area contributed by atoms with Crippen LogP contribution in [-0.2, 0) is 4.79 Å². The van der Waals surface area contributed by atoms with Gasteiger partial charge in [0, 0.05) is 6.54 Å². The van der Waals surface area contributed by atoms with E-state index >= 15 is 0 Å². The van der Waals surface area contributed by atoms with E-state index in [0.717, 1.165) is 12.8 Å². The lowest BCUT2D eigenvalue weighted by Gasteiger charge is -2.09. The number of hydrogen-bond donors (Lipinski definition) is 1. The Hall–Kier alpha value is -2.99. The number of nitrogens with zero attached hydrogens (tertiary/aromatic N) is 2. The molecule has 1 amide bonds. The summed E-state index contributed by atoms with van der Waals surface area (Å²) in [5, 5.41) is 20.4. The zero-order valence-electron chi connectivity index (χ0n) is 13.3. The molecule has 0 aliphatic carbocycles. The Morgan fingerprint density at radius 1 is 1.35 bits per heavy atom. The SMILES string of the molecule is CCCCNC(=O)/C(C#N)=C/c1ccc(OCC#N)c(OC)c1. The Bertz CT molecular complexity index is 654. The van der Waals surface area contributed by atoms with Crippen LogP contribution in [0.5, 0.6) is 11.5 Å². The molecule has 0 saturated heterocycles. The van der Waals surface area contributed by atoms with Crippen molar-refractivity contribution in [2.75, 3.05) is 20.3 Å². The van der Waals surface area contributed by atoms with Crippen molar-refractivity contribution in [1.82, 2.24) is 5.32 Å². The largest absolute Gasteiger partial charge is 0.493 e. The van der Waals surface area contributed by atoms with Gasteiger partial charge in [0.2, 0.25) is 0 Å². The van der Waals surface area contributed by atoms with Crippen LogP contribution in [0.4, 0.5) is 0 Å². The van der Waals surface area contributed by atoms with Crippen LogP contribution in [0.25, 0.3) is 6.08 Å². The molecule has 23 heavy (non-hydrogen) atoms. The molecule has 0 aromatic heterocycles. The molecule has 0 spiro atoms. The molecule has 0 aliphatic heterocycles. The van der Waals surface area contributed by atoms with Gasteiger partial charge in [-0.3, -0.25) is 4.79 Å². The third kappa shape index (κ3) is 5.72. The fourth-order valence-corrected chi connectivity index (χ4v) is 1.79. The molecule has 0 saturated carbocycles. The standard InChI is InChI=1S/C17H19N3O3/c1-3-4-8-20-17(21)14(12-19)10-13-5-6-15(23-9-7-18)16(11-13)22-2/h5-6,10-11H,3-4,8-9H2,1-2H3,(H,20,21)/b14-10+. The summed E-state index contributed by atoms with van der Waals surface area (Å²) in [6.07, 6.45) is 3.31. The van der Waals surface area contributed by atoms with Crippen LogP contribution in [0.15, 0.2) is 23.8 Å². The molecule has 0 bridgehead atoms. The first-order valence-corrected chi connectivity index (χ1v) is 7.24. The smallest absolute Gasteiger partial charge is 0.261 e. The van der Waals surface area contributed by atoms with Crippen molar-refractivity contribution in [3.63, 3.8) is 0 Å². The van der Waals surface area contributed by atoms with Crippen LogP contribution < -0.4 is 14.8 Å². The average molecular weight is 313 g/mol. The van der Waals surface area contributed by atoms with Crippen molar-refractivity contribution in [2.24, 2.45) is 0 Å². The summed E-state index contributed by atoms with van der Waals surface area (Å²) in [5.41, 5.74) is 0.655. The number of methoxy groups -OCH3 is 1. The third-order valence-corrected chi connectivity index (χ3v) is 2.97. The van der Waals surface area contributed by atoms with Gasteiger partial charge in [0.15, 0.2) is 18.1 Å². The van der Waals surface area contributed by atoms with Crippen LogP contribution in [0.2, 0.25) is 0 Å². The van der Waals surface area contributed by atoms with E-state index in [9.17, 15) is 4.79 Å². The third-order valence-electron chi connectivity index (χ3n) is 2.97. The van der Waals surface area contributed by atoms with E-state index in [2.05, 4.69) is 5.32 Å². The molecule has 0 atom stereocenters. The van der Waals surface area contributed by atoms with E-state index in [1.54, 1.807) is 18.2 Å². The summed E-state index contributed by atoms with van der Waals surface area (Å²) in [6, 6.07) is 8.73. The first-order valence-electron chi connectivity index (χ1n) is 7.24. The summed E-state index contributed by atoms with van der Waals surface area (Å²) in [6.45, 7) is 2.48. The van der Waals surface area contributed by atoms with E-state index in [4.69, 9.17) is 20.0 Å². The number of rotatable bonds is 8. The Morgan fingerprint density at radius 2 is 2.13 bits per heavy atom. The van der Waals surface area contributed by atoms with E-state index in [0.29, 0.717) is 23.6 Å². The summed E-state index contributed by atoms with van der Waals surface area (Å²) in [4.78, 5) is 11.9. The molecule has 0 unspecified atom stereocenters. The lowest BCUT2D eigenvalue weighted by atomic mass is 10.1. The van der Waals surface area contributed by atoms with Crippen molar-refractivity contribution in [1.29, 1.82) is 10.5 Å². The number of nitrogens with one attached hydrogen (secondary N) is 1. The maximum Gasteiger partial charge on any atom is 0.261 e. The zero-order valence-corrected chi connectivity index (χ0v) is 13.3. The minimum atomic E-state index is -0.398. The molecule has 1 rings (SSSR count). The van der Waals surface area contributed by atoms with Gasteiger partial charge < -0.3 is 14.8 Å². The quantitative estimate of drug-likeness (QED) is 0.452. The zero-order chi connectivity index (χ0) is 17.1. The first kappa shape index (κ1) is 18.1. The average Bonchev–Trinajstić information content (AvgIpc) is 2.58. The Labute approximate surface area is 135 Å². The fourth-order valence-electron chi connectivity index (χ4n) is 1.79. The second-order valence-electron chi connectivity index (χ2n) is 4.64. The molecule has 1 aromatic carbocycles. The maximum absolute atomic E-state index is 11.9. The van der Waals surface area contributed by atoms with Crippen molar-refractivity contribution in [3.05, 3.63) is 29.3 Å². The Kier molecular flexibility index (Phi) is 7.74. The summed E-state index contributed by atoms with van der Waals surface area (Å²) in [5.74, 6) is 0.458. The van der Waals surface area contributed by atoms with Gasteiger partial charge in [0.25, 0.3) is 5.91 Å². The van der Waals surface area contributed by atoms with Crippen LogP contribution in [-0.4, -0.2) is 26.2 Å². The van der Waals surface area contributed by atoms with Crippen LogP contribution in [0.1, 0.15) is 25.3 Å². The number of carbonyl (C=O) groups excluding carboxylic acids is 1. The molecule has 6 heteroatoms. The predicted octanol–water partition coefficient (Wildman–Crippen LogP) is 2.42. The molecular weight excluding hydrogens is 294 g/mol. The molecule has 6 nitrogen and oxygen atoms in total. The summed E-state index contributed by atoms with van der Waals surface area (Å²) < 4.78 is 10.4. The second-order valence-corrected chi connectivity index (χ2v) is 4.64. The van der Waals surface area contributed by atoms with Gasteiger partial charge in [-0.25, -0.2) is 0 Å². The monoisotopic (exact) mass is 313 g/mol. The summed E-state index contributed by atoms with van der Waals surface area (Å²) in [7, 11) is 1.48. The van der Waals surface area contributed by atoms with Gasteiger partial charge in [-0.15, -0.1) is 0 Å². The number of hydrogen-bond acceptors (Lipinski definition) is 5. The highest BCUT2D eigenvalue weighted by Gasteiger charge is 2.10. The second kappa shape index (κ2) is 9.86. The van der Waals surface area contributed by atoms with Crippen LogP contribution in [0.3, 0.4) is 0 Å². The van der Waals surface area contributed by atoms with Gasteiger partial charge in [-0.1, -0.05) is 19.4 Å². The number of unbranched alkanes of at least 4 members (excludes halogenated alkanes) is 1. The Balaban J connectivity index is 2.94. The molecule has 0 heterocycles.